The first kappa shape index (κ1) is 14.1. The van der Waals surface area contributed by atoms with Gasteiger partial charge in [-0.1, -0.05) is 0 Å². The fraction of sp³-hybridized carbons (Fsp3) is 0.538. The minimum Gasteiger partial charge on any atom is -0.494 e. The van der Waals surface area contributed by atoms with Crippen LogP contribution < -0.4 is 10.1 Å². The molecule has 0 saturated heterocycles. The van der Waals surface area contributed by atoms with Crippen LogP contribution in [0.5, 0.6) is 5.75 Å². The van der Waals surface area contributed by atoms with Crippen molar-refractivity contribution in [1.82, 2.24) is 0 Å². The van der Waals surface area contributed by atoms with Crippen molar-refractivity contribution in [2.75, 3.05) is 31.7 Å². The van der Waals surface area contributed by atoms with Gasteiger partial charge >= 0.3 is 0 Å². The predicted octanol–water partition coefficient (Wildman–Crippen LogP) is 3.27. The molecule has 0 amide bonds. The van der Waals surface area contributed by atoms with E-state index in [1.165, 1.54) is 0 Å². The molecule has 3 nitrogen and oxygen atoms in total. The maximum Gasteiger partial charge on any atom is 0.123 e. The Morgan fingerprint density at radius 1 is 1.24 bits per heavy atom. The molecular weight excluding hydrogens is 238 g/mol. The molecule has 0 aromatic heterocycles. The van der Waals surface area contributed by atoms with E-state index >= 15 is 0 Å². The van der Waals surface area contributed by atoms with Crippen molar-refractivity contribution in [1.29, 1.82) is 0 Å². The summed E-state index contributed by atoms with van der Waals surface area (Å²) >= 11 is 5.89. The molecule has 96 valence electrons. The summed E-state index contributed by atoms with van der Waals surface area (Å²) in [7, 11) is 0. The molecule has 4 heteroatoms. The fourth-order valence-corrected chi connectivity index (χ4v) is 1.71. The zero-order chi connectivity index (χ0) is 12.5. The van der Waals surface area contributed by atoms with Gasteiger partial charge in [0.1, 0.15) is 5.75 Å². The summed E-state index contributed by atoms with van der Waals surface area (Å²) in [6.45, 7) is 6.86. The topological polar surface area (TPSA) is 30.5 Å². The first-order valence-corrected chi connectivity index (χ1v) is 6.48. The standard InChI is InChI=1S/C13H20ClNO2/c1-3-16-8-7-15-12-5-6-13(17-4-2)11(9-12)10-14/h5-6,9,15H,3-4,7-8,10H2,1-2H3. The van der Waals surface area contributed by atoms with E-state index < -0.39 is 0 Å². The highest BCUT2D eigenvalue weighted by atomic mass is 35.5. The average Bonchev–Trinajstić information content (AvgIpc) is 2.36. The summed E-state index contributed by atoms with van der Waals surface area (Å²) in [5.74, 6) is 1.31. The molecule has 0 atom stereocenters. The van der Waals surface area contributed by atoms with E-state index in [9.17, 15) is 0 Å². The molecule has 0 bridgehead atoms. The fourth-order valence-electron chi connectivity index (χ4n) is 1.50. The number of hydrogen-bond donors (Lipinski definition) is 1. The number of halogens is 1. The lowest BCUT2D eigenvalue weighted by Gasteiger charge is -2.11. The van der Waals surface area contributed by atoms with Gasteiger partial charge in [0, 0.05) is 24.4 Å². The van der Waals surface area contributed by atoms with Gasteiger partial charge < -0.3 is 14.8 Å². The molecule has 0 heterocycles. The summed E-state index contributed by atoms with van der Waals surface area (Å²) in [6.07, 6.45) is 0. The van der Waals surface area contributed by atoms with Crippen molar-refractivity contribution >= 4 is 17.3 Å². The van der Waals surface area contributed by atoms with E-state index in [4.69, 9.17) is 21.1 Å². The molecule has 0 aliphatic rings. The Morgan fingerprint density at radius 2 is 2.06 bits per heavy atom. The van der Waals surface area contributed by atoms with Gasteiger partial charge in [-0.3, -0.25) is 0 Å². The lowest BCUT2D eigenvalue weighted by atomic mass is 10.2. The number of alkyl halides is 1. The number of ether oxygens (including phenoxy) is 2. The van der Waals surface area contributed by atoms with Crippen LogP contribution in [0, 0.1) is 0 Å². The summed E-state index contributed by atoms with van der Waals surface area (Å²) < 4.78 is 10.7. The van der Waals surface area contributed by atoms with E-state index in [0.717, 1.165) is 30.2 Å². The highest BCUT2D eigenvalue weighted by Crippen LogP contribution is 2.24. The molecule has 1 aromatic rings. The Morgan fingerprint density at radius 3 is 2.71 bits per heavy atom. The zero-order valence-electron chi connectivity index (χ0n) is 10.5. The number of anilines is 1. The molecule has 0 aliphatic carbocycles. The Labute approximate surface area is 108 Å². The second kappa shape index (κ2) is 8.20. The molecule has 1 aromatic carbocycles. The van der Waals surface area contributed by atoms with E-state index in [2.05, 4.69) is 5.32 Å². The minimum atomic E-state index is 0.455. The van der Waals surface area contributed by atoms with Crippen LogP contribution in [0.2, 0.25) is 0 Å². The van der Waals surface area contributed by atoms with Crippen LogP contribution in [0.1, 0.15) is 19.4 Å². The normalized spacial score (nSPS) is 10.3. The monoisotopic (exact) mass is 257 g/mol. The van der Waals surface area contributed by atoms with Crippen LogP contribution in [0.4, 0.5) is 5.69 Å². The van der Waals surface area contributed by atoms with Gasteiger partial charge in [-0.25, -0.2) is 0 Å². The lowest BCUT2D eigenvalue weighted by Crippen LogP contribution is -2.09. The van der Waals surface area contributed by atoms with Gasteiger partial charge in [0.25, 0.3) is 0 Å². The highest BCUT2D eigenvalue weighted by molar-refractivity contribution is 6.17. The van der Waals surface area contributed by atoms with Crippen LogP contribution in [0.3, 0.4) is 0 Å². The molecule has 1 N–H and O–H groups in total. The second-order valence-corrected chi connectivity index (χ2v) is 3.78. The summed E-state index contributed by atoms with van der Waals surface area (Å²) in [6, 6.07) is 5.96. The maximum absolute atomic E-state index is 5.89. The maximum atomic E-state index is 5.89. The van der Waals surface area contributed by atoms with Gasteiger partial charge in [-0.05, 0) is 32.0 Å². The third-order valence-electron chi connectivity index (χ3n) is 2.28. The largest absolute Gasteiger partial charge is 0.494 e. The molecule has 1 rings (SSSR count). The van der Waals surface area contributed by atoms with Crippen molar-refractivity contribution in [3.63, 3.8) is 0 Å². The number of benzene rings is 1. The molecule has 0 radical (unpaired) electrons. The van der Waals surface area contributed by atoms with Crippen molar-refractivity contribution in [2.45, 2.75) is 19.7 Å². The van der Waals surface area contributed by atoms with E-state index in [1.54, 1.807) is 0 Å². The number of nitrogens with one attached hydrogen (secondary N) is 1. The Bertz CT molecular complexity index is 331. The number of rotatable bonds is 8. The highest BCUT2D eigenvalue weighted by Gasteiger charge is 2.03. The Balaban J connectivity index is 2.56. The molecule has 0 fully saturated rings. The molecule has 0 aliphatic heterocycles. The molecule has 0 saturated carbocycles. The van der Waals surface area contributed by atoms with Crippen LogP contribution in [0.25, 0.3) is 0 Å². The van der Waals surface area contributed by atoms with E-state index in [-0.39, 0.29) is 0 Å². The zero-order valence-corrected chi connectivity index (χ0v) is 11.2. The summed E-state index contributed by atoms with van der Waals surface area (Å²) in [4.78, 5) is 0. The smallest absolute Gasteiger partial charge is 0.123 e. The first-order valence-electron chi connectivity index (χ1n) is 5.95. The lowest BCUT2D eigenvalue weighted by molar-refractivity contribution is 0.158. The van der Waals surface area contributed by atoms with Crippen LogP contribution in [-0.4, -0.2) is 26.4 Å². The van der Waals surface area contributed by atoms with Crippen molar-refractivity contribution in [3.05, 3.63) is 23.8 Å². The van der Waals surface area contributed by atoms with Crippen LogP contribution >= 0.6 is 11.6 Å². The van der Waals surface area contributed by atoms with Crippen LogP contribution in [0.15, 0.2) is 18.2 Å². The predicted molar refractivity (Wildman–Crippen MR) is 72.2 cm³/mol. The summed E-state index contributed by atoms with van der Waals surface area (Å²) in [5.41, 5.74) is 2.05. The van der Waals surface area contributed by atoms with E-state index in [1.807, 2.05) is 32.0 Å². The van der Waals surface area contributed by atoms with Gasteiger partial charge in [0.05, 0.1) is 19.1 Å². The van der Waals surface area contributed by atoms with Gasteiger partial charge in [-0.15, -0.1) is 11.6 Å². The van der Waals surface area contributed by atoms with Crippen molar-refractivity contribution in [2.24, 2.45) is 0 Å². The van der Waals surface area contributed by atoms with Crippen molar-refractivity contribution in [3.8, 4) is 5.75 Å². The Hall–Kier alpha value is -0.930. The van der Waals surface area contributed by atoms with Gasteiger partial charge in [0.15, 0.2) is 0 Å². The Kier molecular flexibility index (Phi) is 6.82. The first-order chi connectivity index (χ1) is 8.31. The van der Waals surface area contributed by atoms with Gasteiger partial charge in [-0.2, -0.15) is 0 Å². The number of hydrogen-bond acceptors (Lipinski definition) is 3. The summed E-state index contributed by atoms with van der Waals surface area (Å²) in [5, 5.41) is 3.28. The molecule has 0 unspecified atom stereocenters. The van der Waals surface area contributed by atoms with Crippen LogP contribution in [-0.2, 0) is 10.6 Å². The molecule has 17 heavy (non-hydrogen) atoms. The second-order valence-electron chi connectivity index (χ2n) is 3.51. The molecule has 0 spiro atoms. The third kappa shape index (κ3) is 4.84. The van der Waals surface area contributed by atoms with E-state index in [0.29, 0.717) is 19.1 Å². The average molecular weight is 258 g/mol. The quantitative estimate of drug-likeness (QED) is 0.573. The minimum absolute atomic E-state index is 0.455. The van der Waals surface area contributed by atoms with Gasteiger partial charge in [0.2, 0.25) is 0 Å². The third-order valence-corrected chi connectivity index (χ3v) is 2.57. The molecular formula is C13H20ClNO2. The SMILES string of the molecule is CCOCCNc1ccc(OCC)c(CCl)c1. The van der Waals surface area contributed by atoms with Crippen molar-refractivity contribution < 1.29 is 9.47 Å².